The van der Waals surface area contributed by atoms with Crippen LogP contribution in [-0.2, 0) is 13.0 Å². The molecule has 2 N–H and O–H groups in total. The van der Waals surface area contributed by atoms with Crippen molar-refractivity contribution >= 4 is 22.3 Å². The number of hydrogen-bond acceptors (Lipinski definition) is 3. The monoisotopic (exact) mass is 332 g/mol. The van der Waals surface area contributed by atoms with E-state index >= 15 is 0 Å². The molecular formula is C16H17FN4OS. The molecule has 2 aromatic heterocycles. The third kappa shape index (κ3) is 3.87. The predicted octanol–water partition coefficient (Wildman–Crippen LogP) is 2.89. The number of nitrogens with one attached hydrogen (secondary N) is 2. The van der Waals surface area contributed by atoms with Gasteiger partial charge in [0.1, 0.15) is 5.82 Å². The Morgan fingerprint density at radius 1 is 1.39 bits per heavy atom. The highest BCUT2D eigenvalue weighted by Crippen LogP contribution is 2.11. The van der Waals surface area contributed by atoms with Crippen molar-refractivity contribution in [2.24, 2.45) is 0 Å². The fraction of sp³-hybridized carbons (Fsp3) is 0.250. The van der Waals surface area contributed by atoms with Gasteiger partial charge in [0.05, 0.1) is 12.2 Å². The molecule has 0 aliphatic carbocycles. The second kappa shape index (κ2) is 6.78. The number of carbonyl (C=O) groups is 1. The minimum atomic E-state index is -0.239. The standard InChI is InChI=1S/C16H17FN4OS/c1-11-8-13(17)3-2-12(11)4-5-18-15(22)19-9-14-10-21-6-7-23-16(21)20-14/h2-3,6-8,10H,4-5,9H2,1H3,(H2,18,19,22). The van der Waals surface area contributed by atoms with Crippen LogP contribution in [0.5, 0.6) is 0 Å². The number of thiazole rings is 1. The zero-order chi connectivity index (χ0) is 16.2. The molecule has 0 unspecified atom stereocenters. The van der Waals surface area contributed by atoms with Gasteiger partial charge in [-0.3, -0.25) is 4.40 Å². The Balaban J connectivity index is 1.43. The lowest BCUT2D eigenvalue weighted by Crippen LogP contribution is -2.36. The fourth-order valence-corrected chi connectivity index (χ4v) is 3.06. The van der Waals surface area contributed by atoms with Crippen LogP contribution in [0.25, 0.3) is 4.96 Å². The average molecular weight is 332 g/mol. The Bertz CT molecular complexity index is 798. The highest BCUT2D eigenvalue weighted by molar-refractivity contribution is 7.15. The number of halogens is 1. The molecular weight excluding hydrogens is 315 g/mol. The van der Waals surface area contributed by atoms with Gasteiger partial charge in [-0.1, -0.05) is 6.07 Å². The lowest BCUT2D eigenvalue weighted by atomic mass is 10.1. The molecule has 0 aliphatic heterocycles. The van der Waals surface area contributed by atoms with Crippen molar-refractivity contribution in [1.29, 1.82) is 0 Å². The number of aromatic nitrogens is 2. The normalized spacial score (nSPS) is 10.9. The van der Waals surface area contributed by atoms with Crippen LogP contribution >= 0.6 is 11.3 Å². The minimum Gasteiger partial charge on any atom is -0.338 e. The molecule has 0 spiro atoms. The van der Waals surface area contributed by atoms with Crippen molar-refractivity contribution in [2.45, 2.75) is 19.9 Å². The first-order valence-corrected chi connectivity index (χ1v) is 8.17. The Morgan fingerprint density at radius 3 is 3.04 bits per heavy atom. The van der Waals surface area contributed by atoms with E-state index < -0.39 is 0 Å². The van der Waals surface area contributed by atoms with E-state index in [1.165, 1.54) is 12.1 Å². The fourth-order valence-electron chi connectivity index (χ4n) is 2.35. The highest BCUT2D eigenvalue weighted by Gasteiger charge is 2.05. The molecule has 3 rings (SSSR count). The van der Waals surface area contributed by atoms with Crippen LogP contribution in [0.3, 0.4) is 0 Å². The van der Waals surface area contributed by atoms with Crippen molar-refractivity contribution < 1.29 is 9.18 Å². The Kier molecular flexibility index (Phi) is 4.57. The summed E-state index contributed by atoms with van der Waals surface area (Å²) in [6, 6.07) is 4.45. The average Bonchev–Trinajstić information content (AvgIpc) is 3.08. The first-order chi connectivity index (χ1) is 11.1. The third-order valence-electron chi connectivity index (χ3n) is 3.56. The molecule has 5 nitrogen and oxygen atoms in total. The summed E-state index contributed by atoms with van der Waals surface area (Å²) in [6.45, 7) is 2.75. The summed E-state index contributed by atoms with van der Waals surface area (Å²) >= 11 is 1.55. The molecule has 2 amide bonds. The van der Waals surface area contributed by atoms with Crippen LogP contribution in [0.1, 0.15) is 16.8 Å². The second-order valence-corrected chi connectivity index (χ2v) is 6.13. The summed E-state index contributed by atoms with van der Waals surface area (Å²) in [5.41, 5.74) is 2.74. The van der Waals surface area contributed by atoms with Crippen LogP contribution in [0, 0.1) is 12.7 Å². The number of hydrogen-bond donors (Lipinski definition) is 2. The van der Waals surface area contributed by atoms with Gasteiger partial charge < -0.3 is 10.6 Å². The van der Waals surface area contributed by atoms with Crippen LogP contribution in [0.4, 0.5) is 9.18 Å². The summed E-state index contributed by atoms with van der Waals surface area (Å²) in [5, 5.41) is 7.54. The molecule has 3 aromatic rings. The van der Waals surface area contributed by atoms with Gasteiger partial charge in [0.2, 0.25) is 0 Å². The molecule has 23 heavy (non-hydrogen) atoms. The topological polar surface area (TPSA) is 58.4 Å². The summed E-state index contributed by atoms with van der Waals surface area (Å²) in [6.07, 6.45) is 4.50. The third-order valence-corrected chi connectivity index (χ3v) is 4.33. The molecule has 0 saturated heterocycles. The molecule has 0 atom stereocenters. The maximum Gasteiger partial charge on any atom is 0.315 e. The van der Waals surface area contributed by atoms with E-state index in [0.29, 0.717) is 19.5 Å². The summed E-state index contributed by atoms with van der Waals surface area (Å²) < 4.78 is 15.0. The van der Waals surface area contributed by atoms with Crippen molar-refractivity contribution in [2.75, 3.05) is 6.54 Å². The van der Waals surface area contributed by atoms with Crippen LogP contribution in [-0.4, -0.2) is 22.0 Å². The van der Waals surface area contributed by atoms with Crippen LogP contribution < -0.4 is 10.6 Å². The van der Waals surface area contributed by atoms with Gasteiger partial charge in [-0.15, -0.1) is 11.3 Å². The number of rotatable bonds is 5. The van der Waals surface area contributed by atoms with Gasteiger partial charge in [0.15, 0.2) is 4.96 Å². The molecule has 0 saturated carbocycles. The Labute approximate surface area is 137 Å². The first-order valence-electron chi connectivity index (χ1n) is 7.29. The van der Waals surface area contributed by atoms with Crippen LogP contribution in [0.2, 0.25) is 0 Å². The quantitative estimate of drug-likeness (QED) is 0.755. The van der Waals surface area contributed by atoms with Gasteiger partial charge in [-0.2, -0.15) is 0 Å². The summed E-state index contributed by atoms with van der Waals surface area (Å²) in [5.74, 6) is -0.239. The van der Waals surface area contributed by atoms with Crippen LogP contribution in [0.15, 0.2) is 36.0 Å². The van der Waals surface area contributed by atoms with E-state index in [2.05, 4.69) is 15.6 Å². The van der Waals surface area contributed by atoms with Crippen molar-refractivity contribution in [3.63, 3.8) is 0 Å². The van der Waals surface area contributed by atoms with E-state index in [1.807, 2.05) is 29.1 Å². The molecule has 0 bridgehead atoms. The number of imidazole rings is 1. The Morgan fingerprint density at radius 2 is 2.26 bits per heavy atom. The molecule has 0 fully saturated rings. The maximum atomic E-state index is 13.0. The van der Waals surface area contributed by atoms with E-state index in [-0.39, 0.29) is 11.8 Å². The van der Waals surface area contributed by atoms with Gasteiger partial charge >= 0.3 is 6.03 Å². The van der Waals surface area contributed by atoms with Crippen molar-refractivity contribution in [3.8, 4) is 0 Å². The first kappa shape index (κ1) is 15.5. The minimum absolute atomic E-state index is 0.235. The molecule has 0 aliphatic rings. The van der Waals surface area contributed by atoms with E-state index in [9.17, 15) is 9.18 Å². The zero-order valence-corrected chi connectivity index (χ0v) is 13.5. The maximum absolute atomic E-state index is 13.0. The molecule has 2 heterocycles. The molecule has 120 valence electrons. The summed E-state index contributed by atoms with van der Waals surface area (Å²) in [4.78, 5) is 17.1. The van der Waals surface area contributed by atoms with E-state index in [1.54, 1.807) is 17.4 Å². The van der Waals surface area contributed by atoms with E-state index in [0.717, 1.165) is 21.8 Å². The zero-order valence-electron chi connectivity index (χ0n) is 12.7. The number of benzene rings is 1. The number of aryl methyl sites for hydroxylation is 1. The summed E-state index contributed by atoms with van der Waals surface area (Å²) in [7, 11) is 0. The molecule has 1 aromatic carbocycles. The number of fused-ring (bicyclic) bond motifs is 1. The smallest absolute Gasteiger partial charge is 0.315 e. The largest absolute Gasteiger partial charge is 0.338 e. The number of carbonyl (C=O) groups excluding carboxylic acids is 1. The highest BCUT2D eigenvalue weighted by atomic mass is 32.1. The lowest BCUT2D eigenvalue weighted by Gasteiger charge is -2.08. The van der Waals surface area contributed by atoms with Crippen molar-refractivity contribution in [1.82, 2.24) is 20.0 Å². The van der Waals surface area contributed by atoms with Gasteiger partial charge in [-0.25, -0.2) is 14.2 Å². The van der Waals surface area contributed by atoms with Gasteiger partial charge in [-0.05, 0) is 36.6 Å². The van der Waals surface area contributed by atoms with Crippen molar-refractivity contribution in [3.05, 3.63) is 58.6 Å². The number of amides is 2. The van der Waals surface area contributed by atoms with Gasteiger partial charge in [0, 0.05) is 24.3 Å². The molecule has 0 radical (unpaired) electrons. The van der Waals surface area contributed by atoms with E-state index in [4.69, 9.17) is 0 Å². The SMILES string of the molecule is Cc1cc(F)ccc1CCNC(=O)NCc1cn2ccsc2n1. The number of nitrogens with zero attached hydrogens (tertiary/aromatic N) is 2. The second-order valence-electron chi connectivity index (χ2n) is 5.26. The predicted molar refractivity (Wildman–Crippen MR) is 88.1 cm³/mol. The number of urea groups is 1. The Hall–Kier alpha value is -2.41. The van der Waals surface area contributed by atoms with Gasteiger partial charge in [0.25, 0.3) is 0 Å². The molecule has 7 heteroatoms. The lowest BCUT2D eigenvalue weighted by molar-refractivity contribution is 0.240.